The second-order valence-corrected chi connectivity index (χ2v) is 4.33. The normalized spacial score (nSPS) is 34.2. The van der Waals surface area contributed by atoms with E-state index in [1.54, 1.807) is 0 Å². The molecule has 3 unspecified atom stereocenters. The van der Waals surface area contributed by atoms with Crippen LogP contribution in [0, 0.1) is 17.8 Å². The second-order valence-electron chi connectivity index (χ2n) is 4.33. The molecule has 0 radical (unpaired) electrons. The summed E-state index contributed by atoms with van der Waals surface area (Å²) in [5.74, 6) is -1.66. The van der Waals surface area contributed by atoms with Crippen LogP contribution in [0.5, 0.6) is 0 Å². The van der Waals surface area contributed by atoms with Gasteiger partial charge in [-0.15, -0.1) is 0 Å². The number of halogens is 3. The van der Waals surface area contributed by atoms with Crippen molar-refractivity contribution in [2.75, 3.05) is 0 Å². The van der Waals surface area contributed by atoms with Gasteiger partial charge in [-0.25, -0.2) is 0 Å². The Hall–Kier alpha value is -0.540. The average Bonchev–Trinajstić information content (AvgIpc) is 2.07. The number of rotatable bonds is 1. The van der Waals surface area contributed by atoms with Crippen molar-refractivity contribution in [3.8, 4) is 0 Å². The highest BCUT2D eigenvalue weighted by Crippen LogP contribution is 2.36. The van der Waals surface area contributed by atoms with E-state index < -0.39 is 17.9 Å². The zero-order valence-electron chi connectivity index (χ0n) is 8.40. The predicted octanol–water partition coefficient (Wildman–Crippen LogP) is 3.19. The van der Waals surface area contributed by atoms with Crippen molar-refractivity contribution in [3.05, 3.63) is 0 Å². The molecule has 0 saturated heterocycles. The number of carbonyl (C=O) groups is 1. The lowest BCUT2D eigenvalue weighted by Crippen LogP contribution is -2.35. The Balaban J connectivity index is 2.59. The fraction of sp³-hybridized carbons (Fsp3) is 0.900. The summed E-state index contributed by atoms with van der Waals surface area (Å²) in [5.41, 5.74) is 0. The molecule has 82 valence electrons. The summed E-state index contributed by atoms with van der Waals surface area (Å²) in [4.78, 5) is 10.9. The van der Waals surface area contributed by atoms with Crippen molar-refractivity contribution in [2.45, 2.75) is 39.3 Å². The van der Waals surface area contributed by atoms with Gasteiger partial charge in [-0.2, -0.15) is 13.2 Å². The minimum Gasteiger partial charge on any atom is -0.289 e. The SMILES string of the molecule is CC1CCC(C(=O)C(F)(F)F)CC1C. The maximum atomic E-state index is 12.1. The van der Waals surface area contributed by atoms with Crippen LogP contribution in [0.15, 0.2) is 0 Å². The van der Waals surface area contributed by atoms with E-state index in [0.29, 0.717) is 18.8 Å². The Morgan fingerprint density at radius 2 is 1.71 bits per heavy atom. The summed E-state index contributed by atoms with van der Waals surface area (Å²) < 4.78 is 36.3. The van der Waals surface area contributed by atoms with Crippen molar-refractivity contribution in [1.82, 2.24) is 0 Å². The molecule has 0 spiro atoms. The first kappa shape index (κ1) is 11.5. The fourth-order valence-electron chi connectivity index (χ4n) is 2.02. The molecule has 3 atom stereocenters. The van der Waals surface area contributed by atoms with Gasteiger partial charge < -0.3 is 0 Å². The molecule has 4 heteroatoms. The number of hydrogen-bond acceptors (Lipinski definition) is 1. The van der Waals surface area contributed by atoms with Crippen molar-refractivity contribution >= 4 is 5.78 Å². The summed E-state index contributed by atoms with van der Waals surface area (Å²) in [7, 11) is 0. The van der Waals surface area contributed by atoms with E-state index >= 15 is 0 Å². The van der Waals surface area contributed by atoms with E-state index in [-0.39, 0.29) is 5.92 Å². The third-order valence-corrected chi connectivity index (χ3v) is 3.25. The predicted molar refractivity (Wildman–Crippen MR) is 46.7 cm³/mol. The van der Waals surface area contributed by atoms with Crippen LogP contribution in [0.4, 0.5) is 13.2 Å². The Morgan fingerprint density at radius 1 is 1.14 bits per heavy atom. The van der Waals surface area contributed by atoms with Crippen LogP contribution in [0.2, 0.25) is 0 Å². The van der Waals surface area contributed by atoms with Gasteiger partial charge in [-0.3, -0.25) is 4.79 Å². The number of hydrogen-bond donors (Lipinski definition) is 0. The maximum Gasteiger partial charge on any atom is 0.450 e. The third kappa shape index (κ3) is 2.49. The molecule has 0 amide bonds. The summed E-state index contributed by atoms with van der Waals surface area (Å²) in [5, 5.41) is 0. The first-order valence-electron chi connectivity index (χ1n) is 4.93. The first-order chi connectivity index (χ1) is 6.32. The molecule has 14 heavy (non-hydrogen) atoms. The highest BCUT2D eigenvalue weighted by Gasteiger charge is 2.44. The van der Waals surface area contributed by atoms with Gasteiger partial charge in [0.25, 0.3) is 0 Å². The van der Waals surface area contributed by atoms with E-state index in [2.05, 4.69) is 0 Å². The molecule has 1 fully saturated rings. The van der Waals surface area contributed by atoms with E-state index in [1.807, 2.05) is 13.8 Å². The molecule has 1 nitrogen and oxygen atoms in total. The summed E-state index contributed by atoms with van der Waals surface area (Å²) >= 11 is 0. The first-order valence-corrected chi connectivity index (χ1v) is 4.93. The zero-order valence-corrected chi connectivity index (χ0v) is 8.40. The van der Waals surface area contributed by atoms with E-state index in [9.17, 15) is 18.0 Å². The van der Waals surface area contributed by atoms with Gasteiger partial charge in [-0.05, 0) is 31.1 Å². The Bertz CT molecular complexity index is 222. The summed E-state index contributed by atoms with van der Waals surface area (Å²) in [6, 6.07) is 0. The zero-order chi connectivity index (χ0) is 10.9. The third-order valence-electron chi connectivity index (χ3n) is 3.25. The molecule has 1 rings (SSSR count). The van der Waals surface area contributed by atoms with Gasteiger partial charge in [0.2, 0.25) is 5.78 Å². The molecule has 1 saturated carbocycles. The maximum absolute atomic E-state index is 12.1. The smallest absolute Gasteiger partial charge is 0.289 e. The Labute approximate surface area is 81.7 Å². The Morgan fingerprint density at radius 3 is 2.14 bits per heavy atom. The number of carbonyl (C=O) groups excluding carboxylic acids is 1. The summed E-state index contributed by atoms with van der Waals surface area (Å²) in [6.45, 7) is 3.94. The number of alkyl halides is 3. The number of ketones is 1. The molecule has 0 aromatic rings. The van der Waals surface area contributed by atoms with Gasteiger partial charge in [0.15, 0.2) is 0 Å². The van der Waals surface area contributed by atoms with Crippen LogP contribution in [0.25, 0.3) is 0 Å². The van der Waals surface area contributed by atoms with Crippen molar-refractivity contribution in [2.24, 2.45) is 17.8 Å². The lowest BCUT2D eigenvalue weighted by Gasteiger charge is -2.31. The molecule has 1 aliphatic carbocycles. The number of Topliss-reactive ketones (excluding diaryl/α,β-unsaturated/α-hetero) is 1. The van der Waals surface area contributed by atoms with Crippen molar-refractivity contribution in [1.29, 1.82) is 0 Å². The standard InChI is InChI=1S/C10H15F3O/c1-6-3-4-8(5-7(6)2)9(14)10(11,12)13/h6-8H,3-5H2,1-2H3. The molecule has 1 aliphatic rings. The van der Waals surface area contributed by atoms with Crippen LogP contribution in [0.1, 0.15) is 33.1 Å². The molecule has 0 bridgehead atoms. The molecule has 0 heterocycles. The van der Waals surface area contributed by atoms with Crippen LogP contribution in [-0.2, 0) is 4.79 Å². The monoisotopic (exact) mass is 208 g/mol. The largest absolute Gasteiger partial charge is 0.450 e. The van der Waals surface area contributed by atoms with Gasteiger partial charge >= 0.3 is 6.18 Å². The van der Waals surface area contributed by atoms with Gasteiger partial charge in [-0.1, -0.05) is 13.8 Å². The van der Waals surface area contributed by atoms with E-state index in [0.717, 1.165) is 6.42 Å². The van der Waals surface area contributed by atoms with Crippen LogP contribution >= 0.6 is 0 Å². The molecule has 0 aromatic heterocycles. The molecular weight excluding hydrogens is 193 g/mol. The van der Waals surface area contributed by atoms with Crippen molar-refractivity contribution < 1.29 is 18.0 Å². The topological polar surface area (TPSA) is 17.1 Å². The van der Waals surface area contributed by atoms with E-state index in [1.165, 1.54) is 0 Å². The molecule has 0 N–H and O–H groups in total. The van der Waals surface area contributed by atoms with Gasteiger partial charge in [0.05, 0.1) is 0 Å². The minimum atomic E-state index is -4.65. The highest BCUT2D eigenvalue weighted by atomic mass is 19.4. The van der Waals surface area contributed by atoms with Crippen LogP contribution in [-0.4, -0.2) is 12.0 Å². The molecule has 0 aromatic carbocycles. The lowest BCUT2D eigenvalue weighted by atomic mass is 9.74. The van der Waals surface area contributed by atoms with Crippen molar-refractivity contribution in [3.63, 3.8) is 0 Å². The highest BCUT2D eigenvalue weighted by molar-refractivity contribution is 5.86. The van der Waals surface area contributed by atoms with E-state index in [4.69, 9.17) is 0 Å². The Kier molecular flexibility index (Phi) is 3.22. The molecular formula is C10H15F3O. The summed E-state index contributed by atoms with van der Waals surface area (Å²) in [6.07, 6.45) is -3.14. The lowest BCUT2D eigenvalue weighted by molar-refractivity contribution is -0.177. The van der Waals surface area contributed by atoms with Gasteiger partial charge in [0, 0.05) is 5.92 Å². The van der Waals surface area contributed by atoms with Crippen LogP contribution in [0.3, 0.4) is 0 Å². The fourth-order valence-corrected chi connectivity index (χ4v) is 2.02. The second kappa shape index (κ2) is 3.91. The molecule has 0 aliphatic heterocycles. The van der Waals surface area contributed by atoms with Gasteiger partial charge in [0.1, 0.15) is 0 Å². The van der Waals surface area contributed by atoms with Crippen LogP contribution < -0.4 is 0 Å². The average molecular weight is 208 g/mol. The minimum absolute atomic E-state index is 0.222. The quantitative estimate of drug-likeness (QED) is 0.646.